The van der Waals surface area contributed by atoms with Gasteiger partial charge < -0.3 is 20.1 Å². The van der Waals surface area contributed by atoms with Gasteiger partial charge >= 0.3 is 19.8 Å². The fraction of sp³-hybridized carbons (Fsp3) is 0.625. The number of phosphoric acid groups is 1. The molecule has 0 amide bonds. The highest BCUT2D eigenvalue weighted by atomic mass is 31.2. The molecule has 0 fully saturated rings. The molecule has 0 spiro atoms. The molecule has 0 aromatic carbocycles. The van der Waals surface area contributed by atoms with Crippen LogP contribution in [-0.4, -0.2) is 49.3 Å². The molecule has 58 heavy (non-hydrogen) atoms. The lowest BCUT2D eigenvalue weighted by molar-refractivity contribution is -0.161. The molecule has 330 valence electrons. The lowest BCUT2D eigenvalue weighted by Gasteiger charge is -2.19. The summed E-state index contributed by atoms with van der Waals surface area (Å²) < 4.78 is 32.6. The van der Waals surface area contributed by atoms with Crippen LogP contribution in [0.2, 0.25) is 0 Å². The standard InChI is InChI=1S/C48H80NO8P/c1-3-5-7-9-11-12-13-14-15-16-17-18-19-20-21-22-23-24-25-26-27-28-29-30-31-32-33-34-35-37-39-41-48(51)57-46(45-56-58(52,53)55-43-42-49)44-54-47(50)40-38-36-10-8-6-4-2/h5,7,11-12,14-15,17-18,20-21,23-24,26-27,29-30,46H,3-4,6,8-10,13,16,19,22,25,28,31-45,49H2,1-2H3,(H,52,53)/b7-5-,12-11-,15-14-,18-17-,21-20-,24-23-,27-26-,30-29-. The second kappa shape index (κ2) is 43.5. The predicted octanol–water partition coefficient (Wildman–Crippen LogP) is 13.0. The van der Waals surface area contributed by atoms with Crippen molar-refractivity contribution in [2.45, 2.75) is 168 Å². The normalized spacial score (nSPS) is 14.2. The zero-order valence-corrected chi connectivity index (χ0v) is 37.1. The molecule has 0 bridgehead atoms. The van der Waals surface area contributed by atoms with E-state index in [-0.39, 0.29) is 32.6 Å². The van der Waals surface area contributed by atoms with Crippen molar-refractivity contribution in [2.24, 2.45) is 5.73 Å². The number of rotatable bonds is 40. The second-order valence-corrected chi connectivity index (χ2v) is 15.6. The molecule has 9 nitrogen and oxygen atoms in total. The van der Waals surface area contributed by atoms with Gasteiger partial charge in [0.15, 0.2) is 6.10 Å². The molecule has 0 aromatic rings. The summed E-state index contributed by atoms with van der Waals surface area (Å²) in [5, 5.41) is 0. The average Bonchev–Trinajstić information content (AvgIpc) is 3.21. The van der Waals surface area contributed by atoms with Crippen LogP contribution in [0.25, 0.3) is 0 Å². The zero-order valence-electron chi connectivity index (χ0n) is 36.2. The number of hydrogen-bond donors (Lipinski definition) is 2. The van der Waals surface area contributed by atoms with Gasteiger partial charge in [-0.25, -0.2) is 4.57 Å². The van der Waals surface area contributed by atoms with Crippen molar-refractivity contribution in [3.05, 3.63) is 97.2 Å². The zero-order chi connectivity index (χ0) is 42.5. The molecular formula is C48H80NO8P. The summed E-state index contributed by atoms with van der Waals surface area (Å²) in [6.07, 6.45) is 56.3. The fourth-order valence-electron chi connectivity index (χ4n) is 5.47. The summed E-state index contributed by atoms with van der Waals surface area (Å²) in [7, 11) is -4.38. The van der Waals surface area contributed by atoms with Crippen molar-refractivity contribution in [2.75, 3.05) is 26.4 Å². The average molecular weight is 830 g/mol. The van der Waals surface area contributed by atoms with Gasteiger partial charge in [0, 0.05) is 19.4 Å². The summed E-state index contributed by atoms with van der Waals surface area (Å²) in [6, 6.07) is 0. The first kappa shape index (κ1) is 54.9. The lowest BCUT2D eigenvalue weighted by atomic mass is 10.1. The number of hydrogen-bond acceptors (Lipinski definition) is 8. The molecule has 0 aromatic heterocycles. The van der Waals surface area contributed by atoms with E-state index in [2.05, 4.69) is 111 Å². The lowest BCUT2D eigenvalue weighted by Crippen LogP contribution is -2.29. The van der Waals surface area contributed by atoms with Crippen LogP contribution in [0, 0.1) is 0 Å². The molecule has 0 aliphatic carbocycles. The Kier molecular flexibility index (Phi) is 41.2. The topological polar surface area (TPSA) is 134 Å². The molecule has 3 N–H and O–H groups in total. The van der Waals surface area contributed by atoms with Gasteiger partial charge in [0.1, 0.15) is 6.61 Å². The largest absolute Gasteiger partial charge is 0.472 e. The van der Waals surface area contributed by atoms with E-state index in [0.717, 1.165) is 122 Å². The first-order chi connectivity index (χ1) is 28.3. The number of phosphoric ester groups is 1. The Balaban J connectivity index is 4.02. The minimum absolute atomic E-state index is 0.0462. The number of nitrogens with two attached hydrogens (primary N) is 1. The van der Waals surface area contributed by atoms with E-state index in [9.17, 15) is 19.0 Å². The first-order valence-electron chi connectivity index (χ1n) is 22.2. The maximum atomic E-state index is 12.5. The van der Waals surface area contributed by atoms with Crippen LogP contribution in [0.15, 0.2) is 97.2 Å². The van der Waals surface area contributed by atoms with Gasteiger partial charge in [-0.3, -0.25) is 18.6 Å². The van der Waals surface area contributed by atoms with Gasteiger partial charge in [-0.15, -0.1) is 0 Å². The third-order valence-corrected chi connectivity index (χ3v) is 9.72. The second-order valence-electron chi connectivity index (χ2n) is 14.2. The van der Waals surface area contributed by atoms with Crippen molar-refractivity contribution in [1.29, 1.82) is 0 Å². The van der Waals surface area contributed by atoms with Gasteiger partial charge in [-0.05, 0) is 77.0 Å². The third kappa shape index (κ3) is 42.5. The van der Waals surface area contributed by atoms with E-state index in [1.54, 1.807) is 0 Å². The van der Waals surface area contributed by atoms with E-state index in [1.807, 2.05) is 0 Å². The fourth-order valence-corrected chi connectivity index (χ4v) is 6.24. The van der Waals surface area contributed by atoms with E-state index in [4.69, 9.17) is 24.3 Å². The Morgan fingerprint density at radius 1 is 0.534 bits per heavy atom. The van der Waals surface area contributed by atoms with E-state index in [0.29, 0.717) is 6.42 Å². The van der Waals surface area contributed by atoms with Crippen molar-refractivity contribution in [3.63, 3.8) is 0 Å². The summed E-state index contributed by atoms with van der Waals surface area (Å²) in [4.78, 5) is 34.6. The number of unbranched alkanes of at least 4 members (excludes halogenated alkanes) is 11. The third-order valence-electron chi connectivity index (χ3n) is 8.73. The Hall–Kier alpha value is -3.07. The van der Waals surface area contributed by atoms with Gasteiger partial charge in [0.2, 0.25) is 0 Å². The van der Waals surface area contributed by atoms with Crippen LogP contribution in [0.1, 0.15) is 162 Å². The number of carbonyl (C=O) groups is 2. The van der Waals surface area contributed by atoms with Crippen molar-refractivity contribution in [3.8, 4) is 0 Å². The first-order valence-corrected chi connectivity index (χ1v) is 23.7. The predicted molar refractivity (Wildman–Crippen MR) is 242 cm³/mol. The van der Waals surface area contributed by atoms with E-state index < -0.39 is 32.5 Å². The Morgan fingerprint density at radius 2 is 0.948 bits per heavy atom. The maximum absolute atomic E-state index is 12.5. The molecule has 0 aliphatic rings. The van der Waals surface area contributed by atoms with E-state index >= 15 is 0 Å². The molecule has 0 saturated carbocycles. The monoisotopic (exact) mass is 830 g/mol. The van der Waals surface area contributed by atoms with E-state index in [1.165, 1.54) is 6.42 Å². The molecule has 10 heteroatoms. The highest BCUT2D eigenvalue weighted by Crippen LogP contribution is 2.43. The SMILES string of the molecule is CC/C=C\C/C=C\C/C=C\C/C=C\C/C=C\C/C=C\C/C=C\C/C=C\CCCCCCCCC(=O)OC(COC(=O)CCCCCCCC)COP(=O)(O)OCCN. The smallest absolute Gasteiger partial charge is 0.462 e. The molecule has 0 radical (unpaired) electrons. The summed E-state index contributed by atoms with van der Waals surface area (Å²) in [6.45, 7) is 3.50. The Morgan fingerprint density at radius 3 is 1.41 bits per heavy atom. The molecule has 2 unspecified atom stereocenters. The number of esters is 2. The van der Waals surface area contributed by atoms with Gasteiger partial charge in [0.05, 0.1) is 13.2 Å². The van der Waals surface area contributed by atoms with Gasteiger partial charge in [-0.2, -0.15) is 0 Å². The number of carbonyl (C=O) groups excluding carboxylic acids is 2. The van der Waals surface area contributed by atoms with Gasteiger partial charge in [-0.1, -0.05) is 169 Å². The van der Waals surface area contributed by atoms with Crippen molar-refractivity contribution in [1.82, 2.24) is 0 Å². The summed E-state index contributed by atoms with van der Waals surface area (Å²) in [5.74, 6) is -0.865. The molecule has 0 rings (SSSR count). The van der Waals surface area contributed by atoms with Crippen LogP contribution in [0.3, 0.4) is 0 Å². The Bertz CT molecular complexity index is 1270. The molecule has 0 heterocycles. The summed E-state index contributed by atoms with van der Waals surface area (Å²) >= 11 is 0. The highest BCUT2D eigenvalue weighted by Gasteiger charge is 2.26. The maximum Gasteiger partial charge on any atom is 0.472 e. The summed E-state index contributed by atoms with van der Waals surface area (Å²) in [5.41, 5.74) is 5.33. The number of ether oxygens (including phenoxy) is 2. The molecule has 0 saturated heterocycles. The minimum atomic E-state index is -4.38. The molecular weight excluding hydrogens is 750 g/mol. The minimum Gasteiger partial charge on any atom is -0.462 e. The van der Waals surface area contributed by atoms with Crippen LogP contribution >= 0.6 is 7.82 Å². The van der Waals surface area contributed by atoms with Crippen LogP contribution in [0.4, 0.5) is 0 Å². The van der Waals surface area contributed by atoms with Crippen molar-refractivity contribution < 1.29 is 37.6 Å². The van der Waals surface area contributed by atoms with Crippen molar-refractivity contribution >= 4 is 19.8 Å². The van der Waals surface area contributed by atoms with Crippen LogP contribution in [0.5, 0.6) is 0 Å². The molecule has 2 atom stereocenters. The van der Waals surface area contributed by atoms with Crippen LogP contribution < -0.4 is 5.73 Å². The van der Waals surface area contributed by atoms with Crippen LogP contribution in [-0.2, 0) is 32.7 Å². The highest BCUT2D eigenvalue weighted by molar-refractivity contribution is 7.47. The molecule has 0 aliphatic heterocycles. The quantitative estimate of drug-likeness (QED) is 0.0268. The number of allylic oxidation sites excluding steroid dienone is 16. The Labute approximate surface area is 353 Å². The van der Waals surface area contributed by atoms with Gasteiger partial charge in [0.25, 0.3) is 0 Å².